The topological polar surface area (TPSA) is 49.2 Å². The number of methoxy groups -OCH3 is 2. The molecule has 1 radical (unpaired) electrons. The van der Waals surface area contributed by atoms with Crippen LogP contribution in [-0.2, 0) is 0 Å². The van der Waals surface area contributed by atoms with E-state index < -0.39 is 0 Å². The molecule has 1 heterocycles. The second-order valence-corrected chi connectivity index (χ2v) is 4.37. The van der Waals surface area contributed by atoms with Gasteiger partial charge in [0.2, 0.25) is 6.33 Å². The van der Waals surface area contributed by atoms with Gasteiger partial charge in [0, 0.05) is 5.56 Å². The molecular weight excluding hydrogens is 266 g/mol. The summed E-state index contributed by atoms with van der Waals surface area (Å²) in [5, 5.41) is 4.17. The van der Waals surface area contributed by atoms with E-state index in [0.717, 1.165) is 28.6 Å². The summed E-state index contributed by atoms with van der Waals surface area (Å²) in [7, 11) is 3.28. The summed E-state index contributed by atoms with van der Waals surface area (Å²) in [6.45, 7) is 0. The first-order chi connectivity index (χ1) is 10.3. The number of hydrogen-bond acceptors (Lipinski definition) is 4. The van der Waals surface area contributed by atoms with Gasteiger partial charge in [0.25, 0.3) is 0 Å². The van der Waals surface area contributed by atoms with Crippen LogP contribution in [0.4, 0.5) is 0 Å². The van der Waals surface area contributed by atoms with Gasteiger partial charge in [-0.1, -0.05) is 0 Å². The molecule has 2 aromatic carbocycles. The van der Waals surface area contributed by atoms with Gasteiger partial charge in [-0.2, -0.15) is 0 Å². The van der Waals surface area contributed by atoms with Gasteiger partial charge in [0.1, 0.15) is 11.5 Å². The molecule has 0 fully saturated rings. The zero-order valence-corrected chi connectivity index (χ0v) is 11.8. The van der Waals surface area contributed by atoms with E-state index in [4.69, 9.17) is 9.47 Å². The molecule has 3 aromatic rings. The molecule has 21 heavy (non-hydrogen) atoms. The molecule has 0 aliphatic heterocycles. The Kier molecular flexibility index (Phi) is 3.55. The van der Waals surface area contributed by atoms with Crippen LogP contribution in [0.15, 0.2) is 48.5 Å². The highest BCUT2D eigenvalue weighted by Gasteiger charge is 2.09. The van der Waals surface area contributed by atoms with E-state index in [2.05, 4.69) is 16.4 Å². The van der Waals surface area contributed by atoms with Crippen molar-refractivity contribution in [2.75, 3.05) is 14.2 Å². The first kappa shape index (κ1) is 13.2. The maximum absolute atomic E-state index is 5.16. The smallest absolute Gasteiger partial charge is 0.221 e. The first-order valence-electron chi connectivity index (χ1n) is 6.44. The summed E-state index contributed by atoms with van der Waals surface area (Å²) in [5.74, 6) is 2.33. The van der Waals surface area contributed by atoms with Crippen LogP contribution in [0.1, 0.15) is 0 Å². The van der Waals surface area contributed by atoms with Gasteiger partial charge >= 0.3 is 0 Å². The van der Waals surface area contributed by atoms with Gasteiger partial charge in [0.15, 0.2) is 5.82 Å². The Bertz CT molecular complexity index is 656. The summed E-state index contributed by atoms with van der Waals surface area (Å²) < 4.78 is 12.1. The Morgan fingerprint density at radius 2 is 1.43 bits per heavy atom. The Labute approximate surface area is 122 Å². The van der Waals surface area contributed by atoms with Crippen LogP contribution in [0.5, 0.6) is 11.5 Å². The second-order valence-electron chi connectivity index (χ2n) is 4.37. The van der Waals surface area contributed by atoms with E-state index in [1.54, 1.807) is 18.9 Å². The molecule has 0 aliphatic carbocycles. The molecule has 5 heteroatoms. The lowest BCUT2D eigenvalue weighted by Gasteiger charge is -2.07. The highest BCUT2D eigenvalue weighted by atomic mass is 16.5. The largest absolute Gasteiger partial charge is 0.497 e. The molecule has 0 amide bonds. The minimum absolute atomic E-state index is 0.725. The third-order valence-electron chi connectivity index (χ3n) is 3.17. The van der Waals surface area contributed by atoms with Crippen LogP contribution in [0.3, 0.4) is 0 Å². The van der Waals surface area contributed by atoms with Gasteiger partial charge in [-0.05, 0) is 48.5 Å². The van der Waals surface area contributed by atoms with E-state index in [1.807, 2.05) is 48.5 Å². The van der Waals surface area contributed by atoms with E-state index in [1.165, 1.54) is 0 Å². The molecule has 0 bridgehead atoms. The molecule has 0 N–H and O–H groups in total. The minimum Gasteiger partial charge on any atom is -0.497 e. The number of ether oxygens (including phenoxy) is 2. The minimum atomic E-state index is 0.725. The Morgan fingerprint density at radius 1 is 0.857 bits per heavy atom. The number of aromatic nitrogens is 3. The molecule has 1 aromatic heterocycles. The van der Waals surface area contributed by atoms with Crippen molar-refractivity contribution in [2.24, 2.45) is 0 Å². The standard InChI is InChI=1S/C16H14N3O2/c1-20-14-7-3-12(4-8-14)16-17-11-18-19(16)13-5-9-15(21-2)10-6-13/h3-10H,1-2H3. The molecule has 0 aliphatic rings. The number of benzene rings is 2. The molecule has 105 valence electrons. The Morgan fingerprint density at radius 3 is 2.00 bits per heavy atom. The van der Waals surface area contributed by atoms with Crippen LogP contribution >= 0.6 is 0 Å². The number of nitrogens with zero attached hydrogens (tertiary/aromatic N) is 3. The van der Waals surface area contributed by atoms with Crippen LogP contribution < -0.4 is 9.47 Å². The van der Waals surface area contributed by atoms with Crippen molar-refractivity contribution in [2.45, 2.75) is 0 Å². The third-order valence-corrected chi connectivity index (χ3v) is 3.17. The second kappa shape index (κ2) is 5.66. The fourth-order valence-corrected chi connectivity index (χ4v) is 2.04. The molecule has 0 unspecified atom stereocenters. The van der Waals surface area contributed by atoms with Gasteiger partial charge in [-0.25, -0.2) is 9.67 Å². The zero-order chi connectivity index (χ0) is 14.7. The summed E-state index contributed by atoms with van der Waals surface area (Å²) in [6, 6.07) is 15.3. The molecule has 0 atom stereocenters. The molecule has 0 spiro atoms. The highest BCUT2D eigenvalue weighted by molar-refractivity contribution is 5.59. The van der Waals surface area contributed by atoms with Crippen molar-refractivity contribution in [3.8, 4) is 28.6 Å². The number of hydrogen-bond donors (Lipinski definition) is 0. The van der Waals surface area contributed by atoms with Crippen molar-refractivity contribution in [1.29, 1.82) is 0 Å². The summed E-state index contributed by atoms with van der Waals surface area (Å²) >= 11 is 0. The third kappa shape index (κ3) is 2.58. The SMILES string of the molecule is COc1ccc(-c2n[c]nn2-c2ccc(OC)cc2)cc1. The van der Waals surface area contributed by atoms with E-state index in [-0.39, 0.29) is 0 Å². The van der Waals surface area contributed by atoms with E-state index >= 15 is 0 Å². The van der Waals surface area contributed by atoms with E-state index in [0.29, 0.717) is 0 Å². The molecule has 0 saturated heterocycles. The molecule has 0 saturated carbocycles. The predicted molar refractivity (Wildman–Crippen MR) is 78.7 cm³/mol. The average molecular weight is 280 g/mol. The van der Waals surface area contributed by atoms with Crippen molar-refractivity contribution < 1.29 is 9.47 Å². The van der Waals surface area contributed by atoms with Crippen LogP contribution in [0, 0.1) is 6.33 Å². The molecule has 5 nitrogen and oxygen atoms in total. The zero-order valence-electron chi connectivity index (χ0n) is 11.8. The molecular formula is C16H14N3O2. The van der Waals surface area contributed by atoms with Gasteiger partial charge < -0.3 is 9.47 Å². The average Bonchev–Trinajstić information content (AvgIpc) is 3.04. The Balaban J connectivity index is 1.99. The maximum atomic E-state index is 5.16. The summed E-state index contributed by atoms with van der Waals surface area (Å²) in [5.41, 5.74) is 1.84. The summed E-state index contributed by atoms with van der Waals surface area (Å²) in [4.78, 5) is 4.22. The lowest BCUT2D eigenvalue weighted by atomic mass is 10.2. The van der Waals surface area contributed by atoms with Crippen molar-refractivity contribution in [3.63, 3.8) is 0 Å². The highest BCUT2D eigenvalue weighted by Crippen LogP contribution is 2.23. The monoisotopic (exact) mass is 280 g/mol. The van der Waals surface area contributed by atoms with Crippen molar-refractivity contribution >= 4 is 0 Å². The summed E-state index contributed by atoms with van der Waals surface area (Å²) in [6.07, 6.45) is 2.65. The van der Waals surface area contributed by atoms with E-state index in [9.17, 15) is 0 Å². The Hall–Kier alpha value is -2.82. The lowest BCUT2D eigenvalue weighted by Crippen LogP contribution is -1.99. The van der Waals surface area contributed by atoms with Gasteiger partial charge in [-0.15, -0.1) is 5.10 Å². The quantitative estimate of drug-likeness (QED) is 0.737. The lowest BCUT2D eigenvalue weighted by molar-refractivity contribution is 0.414. The first-order valence-corrected chi connectivity index (χ1v) is 6.44. The number of rotatable bonds is 4. The van der Waals surface area contributed by atoms with Gasteiger partial charge in [0.05, 0.1) is 19.9 Å². The van der Waals surface area contributed by atoms with Crippen molar-refractivity contribution in [1.82, 2.24) is 14.8 Å². The van der Waals surface area contributed by atoms with Crippen molar-refractivity contribution in [3.05, 3.63) is 54.9 Å². The van der Waals surface area contributed by atoms with Gasteiger partial charge in [-0.3, -0.25) is 0 Å². The van der Waals surface area contributed by atoms with Crippen LogP contribution in [-0.4, -0.2) is 29.0 Å². The maximum Gasteiger partial charge on any atom is 0.221 e. The van der Waals surface area contributed by atoms with Crippen LogP contribution in [0.2, 0.25) is 0 Å². The predicted octanol–water partition coefficient (Wildman–Crippen LogP) is 2.75. The normalized spacial score (nSPS) is 10.4. The van der Waals surface area contributed by atoms with Crippen LogP contribution in [0.25, 0.3) is 17.1 Å². The molecule has 3 rings (SSSR count). The fraction of sp³-hybridized carbons (Fsp3) is 0.125. The fourth-order valence-electron chi connectivity index (χ4n) is 2.04.